The van der Waals surface area contributed by atoms with E-state index in [-0.39, 0.29) is 24.7 Å². The van der Waals surface area contributed by atoms with Crippen molar-refractivity contribution in [1.82, 2.24) is 4.90 Å². The third-order valence-corrected chi connectivity index (χ3v) is 4.80. The molecule has 0 radical (unpaired) electrons. The predicted molar refractivity (Wildman–Crippen MR) is 97.3 cm³/mol. The van der Waals surface area contributed by atoms with Crippen LogP contribution in [0.2, 0.25) is 10.0 Å². The predicted octanol–water partition coefficient (Wildman–Crippen LogP) is 4.04. The highest BCUT2D eigenvalue weighted by Crippen LogP contribution is 2.37. The molecule has 142 valence electrons. The van der Waals surface area contributed by atoms with Crippen LogP contribution < -0.4 is 0 Å². The summed E-state index contributed by atoms with van der Waals surface area (Å²) in [6.45, 7) is 2.26. The summed E-state index contributed by atoms with van der Waals surface area (Å²) in [5, 5.41) is 0.884. The van der Waals surface area contributed by atoms with Crippen LogP contribution in [0.3, 0.4) is 0 Å². The highest BCUT2D eigenvalue weighted by molar-refractivity contribution is 6.34. The zero-order valence-corrected chi connectivity index (χ0v) is 16.2. The Bertz CT molecular complexity index is 674. The Morgan fingerprint density at radius 3 is 2.42 bits per heavy atom. The van der Waals surface area contributed by atoms with E-state index in [9.17, 15) is 14.4 Å². The molecule has 1 saturated heterocycles. The average molecular weight is 402 g/mol. The molecule has 0 aliphatic carbocycles. The van der Waals surface area contributed by atoms with Crippen LogP contribution in [0.4, 0.5) is 4.79 Å². The number of ether oxygens (including phenoxy) is 2. The van der Waals surface area contributed by atoms with E-state index in [1.807, 2.05) is 0 Å². The van der Waals surface area contributed by atoms with Gasteiger partial charge < -0.3 is 14.4 Å². The number of benzene rings is 1. The number of ketones is 1. The number of halogens is 2. The van der Waals surface area contributed by atoms with Crippen LogP contribution in [0.1, 0.15) is 37.8 Å². The third kappa shape index (κ3) is 5.11. The van der Waals surface area contributed by atoms with E-state index in [1.165, 1.54) is 7.11 Å². The molecule has 1 heterocycles. The van der Waals surface area contributed by atoms with E-state index in [0.717, 1.165) is 5.56 Å². The van der Waals surface area contributed by atoms with Gasteiger partial charge in [-0.25, -0.2) is 4.79 Å². The number of rotatable bonds is 5. The molecule has 1 amide bonds. The van der Waals surface area contributed by atoms with Crippen LogP contribution in [-0.2, 0) is 19.1 Å². The first-order valence-electron chi connectivity index (χ1n) is 8.34. The molecule has 0 bridgehead atoms. The lowest BCUT2D eigenvalue weighted by molar-refractivity contribution is -0.146. The van der Waals surface area contributed by atoms with Crippen LogP contribution in [-0.4, -0.2) is 43.0 Å². The summed E-state index contributed by atoms with van der Waals surface area (Å²) in [7, 11) is 1.31. The van der Waals surface area contributed by atoms with Crippen molar-refractivity contribution in [3.8, 4) is 0 Å². The van der Waals surface area contributed by atoms with Crippen molar-refractivity contribution in [3.05, 3.63) is 33.8 Å². The van der Waals surface area contributed by atoms with E-state index in [0.29, 0.717) is 29.4 Å². The van der Waals surface area contributed by atoms with Gasteiger partial charge in [-0.3, -0.25) is 9.59 Å². The van der Waals surface area contributed by atoms with E-state index in [4.69, 9.17) is 32.7 Å². The smallest absolute Gasteiger partial charge is 0.409 e. The van der Waals surface area contributed by atoms with Crippen molar-refractivity contribution in [1.29, 1.82) is 0 Å². The van der Waals surface area contributed by atoms with Crippen LogP contribution in [0.5, 0.6) is 0 Å². The quantitative estimate of drug-likeness (QED) is 0.549. The highest BCUT2D eigenvalue weighted by Gasteiger charge is 2.36. The zero-order chi connectivity index (χ0) is 19.3. The highest BCUT2D eigenvalue weighted by atomic mass is 35.5. The lowest BCUT2D eigenvalue weighted by atomic mass is 9.84. The number of piperidine rings is 1. The summed E-state index contributed by atoms with van der Waals surface area (Å²) < 4.78 is 9.70. The van der Waals surface area contributed by atoms with Crippen LogP contribution >= 0.6 is 23.2 Å². The molecule has 1 aromatic carbocycles. The molecular formula is C18H21Cl2NO5. The maximum atomic E-state index is 12.5. The van der Waals surface area contributed by atoms with Gasteiger partial charge in [0.1, 0.15) is 12.2 Å². The Labute approximate surface area is 162 Å². The monoisotopic (exact) mass is 401 g/mol. The molecule has 1 fully saturated rings. The Hall–Kier alpha value is -1.79. The standard InChI is InChI=1S/C18H21Cl2NO5/c1-3-26-17(23)10-16(22)11-4-5-21(18(24)25-2)15(8-11)12-6-13(19)9-14(20)7-12/h6-7,9,11,15H,3-5,8,10H2,1-2H3. The zero-order valence-electron chi connectivity index (χ0n) is 14.7. The molecule has 1 aromatic rings. The number of methoxy groups -OCH3 is 1. The third-order valence-electron chi connectivity index (χ3n) is 4.36. The second-order valence-corrected chi connectivity index (χ2v) is 6.92. The Morgan fingerprint density at radius 1 is 1.19 bits per heavy atom. The Kier molecular flexibility index (Phi) is 7.29. The molecule has 0 N–H and O–H groups in total. The Balaban J connectivity index is 2.22. The van der Waals surface area contributed by atoms with Crippen molar-refractivity contribution in [2.24, 2.45) is 5.92 Å². The maximum absolute atomic E-state index is 12.5. The average Bonchev–Trinajstić information content (AvgIpc) is 2.59. The molecule has 0 aromatic heterocycles. The molecule has 6 nitrogen and oxygen atoms in total. The van der Waals surface area contributed by atoms with Gasteiger partial charge in [-0.15, -0.1) is 0 Å². The molecule has 8 heteroatoms. The summed E-state index contributed by atoms with van der Waals surface area (Å²) in [5.41, 5.74) is 0.724. The number of esters is 1. The van der Waals surface area contributed by atoms with Crippen molar-refractivity contribution in [3.63, 3.8) is 0 Å². The molecular weight excluding hydrogens is 381 g/mol. The first-order chi connectivity index (χ1) is 12.3. The first kappa shape index (κ1) is 20.5. The van der Waals surface area contributed by atoms with E-state index < -0.39 is 18.1 Å². The second-order valence-electron chi connectivity index (χ2n) is 6.05. The minimum Gasteiger partial charge on any atom is -0.466 e. The fourth-order valence-corrected chi connectivity index (χ4v) is 3.72. The van der Waals surface area contributed by atoms with Gasteiger partial charge >= 0.3 is 12.1 Å². The van der Waals surface area contributed by atoms with Gasteiger partial charge in [-0.2, -0.15) is 0 Å². The normalized spacial score (nSPS) is 19.8. The summed E-state index contributed by atoms with van der Waals surface area (Å²) in [6, 6.07) is 4.61. The number of amides is 1. The minimum absolute atomic E-state index is 0.189. The van der Waals surface area contributed by atoms with Crippen LogP contribution in [0.25, 0.3) is 0 Å². The van der Waals surface area contributed by atoms with Gasteiger partial charge in [0.15, 0.2) is 0 Å². The molecule has 1 aliphatic rings. The fraction of sp³-hybridized carbons (Fsp3) is 0.500. The lowest BCUT2D eigenvalue weighted by Gasteiger charge is -2.38. The van der Waals surface area contributed by atoms with Crippen LogP contribution in [0, 0.1) is 5.92 Å². The molecule has 1 aliphatic heterocycles. The summed E-state index contributed by atoms with van der Waals surface area (Å²) in [4.78, 5) is 37.7. The summed E-state index contributed by atoms with van der Waals surface area (Å²) >= 11 is 12.2. The van der Waals surface area contributed by atoms with Crippen molar-refractivity contribution >= 4 is 41.0 Å². The molecule has 0 spiro atoms. The van der Waals surface area contributed by atoms with E-state index >= 15 is 0 Å². The van der Waals surface area contributed by atoms with Gasteiger partial charge in [0, 0.05) is 22.5 Å². The van der Waals surface area contributed by atoms with Gasteiger partial charge in [0.2, 0.25) is 0 Å². The summed E-state index contributed by atoms with van der Waals surface area (Å²) in [6.07, 6.45) is 0.0735. The van der Waals surface area contributed by atoms with Crippen molar-refractivity contribution < 1.29 is 23.9 Å². The molecule has 26 heavy (non-hydrogen) atoms. The topological polar surface area (TPSA) is 72.9 Å². The van der Waals surface area contributed by atoms with E-state index in [1.54, 1.807) is 30.0 Å². The Morgan fingerprint density at radius 2 is 1.85 bits per heavy atom. The number of carbonyl (C=O) groups excluding carboxylic acids is 3. The molecule has 2 rings (SSSR count). The maximum Gasteiger partial charge on any atom is 0.409 e. The van der Waals surface area contributed by atoms with Crippen LogP contribution in [0.15, 0.2) is 18.2 Å². The first-order valence-corrected chi connectivity index (χ1v) is 9.10. The molecule has 2 unspecified atom stereocenters. The minimum atomic E-state index is -0.532. The number of nitrogens with zero attached hydrogens (tertiary/aromatic N) is 1. The number of carbonyl (C=O) groups is 3. The lowest BCUT2D eigenvalue weighted by Crippen LogP contribution is -2.43. The van der Waals surface area contributed by atoms with Crippen molar-refractivity contribution in [2.75, 3.05) is 20.3 Å². The number of likely N-dealkylation sites (tertiary alicyclic amines) is 1. The largest absolute Gasteiger partial charge is 0.466 e. The number of hydrogen-bond acceptors (Lipinski definition) is 5. The number of Topliss-reactive ketones (excluding diaryl/α,β-unsaturated/α-hetero) is 1. The van der Waals surface area contributed by atoms with Gasteiger partial charge in [0.25, 0.3) is 0 Å². The molecule has 0 saturated carbocycles. The van der Waals surface area contributed by atoms with Gasteiger partial charge in [-0.1, -0.05) is 23.2 Å². The second kappa shape index (κ2) is 9.24. The van der Waals surface area contributed by atoms with Gasteiger partial charge in [0.05, 0.1) is 19.8 Å². The summed E-state index contributed by atoms with van der Waals surface area (Å²) in [5.74, 6) is -1.08. The fourth-order valence-electron chi connectivity index (χ4n) is 3.18. The number of hydrogen-bond donors (Lipinski definition) is 0. The van der Waals surface area contributed by atoms with Gasteiger partial charge in [-0.05, 0) is 43.5 Å². The van der Waals surface area contributed by atoms with E-state index in [2.05, 4.69) is 0 Å². The van der Waals surface area contributed by atoms with Crippen molar-refractivity contribution in [2.45, 2.75) is 32.2 Å². The SMILES string of the molecule is CCOC(=O)CC(=O)C1CCN(C(=O)OC)C(c2cc(Cl)cc(Cl)c2)C1. The molecule has 2 atom stereocenters.